The van der Waals surface area contributed by atoms with Crippen molar-refractivity contribution in [3.05, 3.63) is 22.3 Å². The molecule has 0 amide bonds. The van der Waals surface area contributed by atoms with E-state index in [1.54, 1.807) is 0 Å². The molecule has 2 rings (SSSR count). The number of ether oxygens (including phenoxy) is 1. The van der Waals surface area contributed by atoms with Gasteiger partial charge >= 0.3 is 0 Å². The van der Waals surface area contributed by atoms with Gasteiger partial charge in [0.15, 0.2) is 0 Å². The fourth-order valence-electron chi connectivity index (χ4n) is 2.06. The first-order valence-corrected chi connectivity index (χ1v) is 6.62. The number of anilines is 1. The summed E-state index contributed by atoms with van der Waals surface area (Å²) >= 11 is 3.47. The molecule has 1 fully saturated rings. The molecule has 0 saturated carbocycles. The summed E-state index contributed by atoms with van der Waals surface area (Å²) in [6, 6.07) is 2.09. The Morgan fingerprint density at radius 3 is 3.00 bits per heavy atom. The second-order valence-corrected chi connectivity index (χ2v) is 5.36. The first-order chi connectivity index (χ1) is 8.10. The van der Waals surface area contributed by atoms with Crippen molar-refractivity contribution in [3.63, 3.8) is 0 Å². The van der Waals surface area contributed by atoms with E-state index in [4.69, 9.17) is 10.5 Å². The molecule has 1 saturated heterocycles. The summed E-state index contributed by atoms with van der Waals surface area (Å²) in [5.41, 5.74) is 6.87. The fourth-order valence-corrected chi connectivity index (χ4v) is 2.28. The van der Waals surface area contributed by atoms with E-state index in [0.29, 0.717) is 6.54 Å². The zero-order valence-electron chi connectivity index (χ0n) is 10.2. The normalized spacial score (nSPS) is 25.1. The maximum atomic E-state index is 5.74. The summed E-state index contributed by atoms with van der Waals surface area (Å²) in [7, 11) is 0. The first-order valence-electron chi connectivity index (χ1n) is 5.82. The molecule has 17 heavy (non-hydrogen) atoms. The Morgan fingerprint density at radius 2 is 2.35 bits per heavy atom. The van der Waals surface area contributed by atoms with E-state index < -0.39 is 0 Å². The Kier molecular flexibility index (Phi) is 4.01. The number of nitrogens with zero attached hydrogens (tertiary/aromatic N) is 2. The lowest BCUT2D eigenvalue weighted by atomic mass is 10.2. The van der Waals surface area contributed by atoms with Gasteiger partial charge in [-0.2, -0.15) is 0 Å². The van der Waals surface area contributed by atoms with E-state index in [-0.39, 0.29) is 12.2 Å². The van der Waals surface area contributed by atoms with Crippen molar-refractivity contribution in [2.45, 2.75) is 26.1 Å². The highest BCUT2D eigenvalue weighted by molar-refractivity contribution is 9.10. The average Bonchev–Trinajstić information content (AvgIpc) is 2.32. The van der Waals surface area contributed by atoms with E-state index in [9.17, 15) is 0 Å². The Balaban J connectivity index is 2.17. The SMILES string of the molecule is Cc1cc(N2CC(C)OC(CN)C2)ncc1Br. The number of hydrogen-bond donors (Lipinski definition) is 1. The number of pyridine rings is 1. The molecular formula is C12H18BrN3O. The van der Waals surface area contributed by atoms with Gasteiger partial charge in [0.2, 0.25) is 0 Å². The maximum Gasteiger partial charge on any atom is 0.128 e. The van der Waals surface area contributed by atoms with Gasteiger partial charge in [-0.05, 0) is 41.4 Å². The van der Waals surface area contributed by atoms with Gasteiger partial charge in [0.25, 0.3) is 0 Å². The quantitative estimate of drug-likeness (QED) is 0.903. The second kappa shape index (κ2) is 5.33. The molecule has 0 bridgehead atoms. The molecule has 4 nitrogen and oxygen atoms in total. The van der Waals surface area contributed by atoms with Crippen LogP contribution in [0.3, 0.4) is 0 Å². The van der Waals surface area contributed by atoms with Gasteiger partial charge in [0, 0.05) is 30.3 Å². The van der Waals surface area contributed by atoms with Gasteiger partial charge in [0.05, 0.1) is 12.2 Å². The van der Waals surface area contributed by atoms with Crippen molar-refractivity contribution in [1.29, 1.82) is 0 Å². The lowest BCUT2D eigenvalue weighted by molar-refractivity contribution is -0.0107. The molecular weight excluding hydrogens is 282 g/mol. The summed E-state index contributed by atoms with van der Waals surface area (Å²) in [5, 5.41) is 0. The molecule has 5 heteroatoms. The molecule has 2 unspecified atom stereocenters. The van der Waals surface area contributed by atoms with Gasteiger partial charge < -0.3 is 15.4 Å². The van der Waals surface area contributed by atoms with Crippen LogP contribution in [0.2, 0.25) is 0 Å². The minimum atomic E-state index is 0.101. The van der Waals surface area contributed by atoms with Crippen LogP contribution in [0.1, 0.15) is 12.5 Å². The van der Waals surface area contributed by atoms with Crippen molar-refractivity contribution in [2.75, 3.05) is 24.5 Å². The van der Waals surface area contributed by atoms with E-state index in [1.807, 2.05) is 6.20 Å². The standard InChI is InChI=1S/C12H18BrN3O/c1-8-3-12(15-5-11(8)13)16-6-9(2)17-10(4-14)7-16/h3,5,9-10H,4,6-7,14H2,1-2H3. The Hall–Kier alpha value is -0.650. The number of nitrogens with two attached hydrogens (primary N) is 1. The molecule has 1 aromatic heterocycles. The molecule has 0 spiro atoms. The second-order valence-electron chi connectivity index (χ2n) is 4.50. The van der Waals surface area contributed by atoms with Crippen LogP contribution in [0.15, 0.2) is 16.7 Å². The van der Waals surface area contributed by atoms with Crippen molar-refractivity contribution in [1.82, 2.24) is 4.98 Å². The predicted molar refractivity (Wildman–Crippen MR) is 72.3 cm³/mol. The molecule has 1 aliphatic rings. The number of aryl methyl sites for hydroxylation is 1. The maximum absolute atomic E-state index is 5.74. The third-order valence-electron chi connectivity index (χ3n) is 2.95. The lowest BCUT2D eigenvalue weighted by Gasteiger charge is -2.37. The molecule has 0 radical (unpaired) electrons. The molecule has 0 aliphatic carbocycles. The van der Waals surface area contributed by atoms with E-state index >= 15 is 0 Å². The van der Waals surface area contributed by atoms with Crippen LogP contribution >= 0.6 is 15.9 Å². The Labute approximate surface area is 110 Å². The highest BCUT2D eigenvalue weighted by Gasteiger charge is 2.25. The zero-order chi connectivity index (χ0) is 12.4. The third kappa shape index (κ3) is 2.97. The van der Waals surface area contributed by atoms with E-state index in [1.165, 1.54) is 5.56 Å². The molecule has 94 valence electrons. The van der Waals surface area contributed by atoms with Gasteiger partial charge in [-0.3, -0.25) is 0 Å². The van der Waals surface area contributed by atoms with Crippen LogP contribution in [0.25, 0.3) is 0 Å². The van der Waals surface area contributed by atoms with Gasteiger partial charge in [-0.25, -0.2) is 4.98 Å². The van der Waals surface area contributed by atoms with Crippen LogP contribution in [0.5, 0.6) is 0 Å². The average molecular weight is 300 g/mol. The number of morpholine rings is 1. The molecule has 2 N–H and O–H groups in total. The molecule has 1 aliphatic heterocycles. The molecule has 0 aromatic carbocycles. The van der Waals surface area contributed by atoms with Crippen LogP contribution in [-0.2, 0) is 4.74 Å². The van der Waals surface area contributed by atoms with Gasteiger partial charge in [-0.1, -0.05) is 0 Å². The summed E-state index contributed by atoms with van der Waals surface area (Å²) in [6.45, 7) is 6.37. The third-order valence-corrected chi connectivity index (χ3v) is 3.78. The minimum Gasteiger partial charge on any atom is -0.370 e. The van der Waals surface area contributed by atoms with Crippen molar-refractivity contribution in [3.8, 4) is 0 Å². The van der Waals surface area contributed by atoms with Crippen molar-refractivity contribution >= 4 is 21.7 Å². The van der Waals surface area contributed by atoms with Crippen LogP contribution < -0.4 is 10.6 Å². The number of rotatable bonds is 2. The zero-order valence-corrected chi connectivity index (χ0v) is 11.8. The summed E-state index contributed by atoms with van der Waals surface area (Å²) in [5.74, 6) is 0.999. The lowest BCUT2D eigenvalue weighted by Crippen LogP contribution is -2.49. The topological polar surface area (TPSA) is 51.4 Å². The Bertz CT molecular complexity index is 399. The summed E-state index contributed by atoms with van der Waals surface area (Å²) in [6.07, 6.45) is 2.15. The summed E-state index contributed by atoms with van der Waals surface area (Å²) < 4.78 is 6.78. The van der Waals surface area contributed by atoms with E-state index in [0.717, 1.165) is 23.4 Å². The highest BCUT2D eigenvalue weighted by atomic mass is 79.9. The number of halogens is 1. The Morgan fingerprint density at radius 1 is 1.59 bits per heavy atom. The minimum absolute atomic E-state index is 0.101. The van der Waals surface area contributed by atoms with E-state index in [2.05, 4.69) is 45.7 Å². The monoisotopic (exact) mass is 299 g/mol. The first kappa shape index (κ1) is 12.8. The van der Waals surface area contributed by atoms with Crippen LogP contribution in [0.4, 0.5) is 5.82 Å². The molecule has 2 heterocycles. The predicted octanol–water partition coefficient (Wildman–Crippen LogP) is 1.70. The van der Waals surface area contributed by atoms with Gasteiger partial charge in [-0.15, -0.1) is 0 Å². The van der Waals surface area contributed by atoms with Crippen LogP contribution in [-0.4, -0.2) is 36.8 Å². The fraction of sp³-hybridized carbons (Fsp3) is 0.583. The van der Waals surface area contributed by atoms with Gasteiger partial charge in [0.1, 0.15) is 5.82 Å². The number of aromatic nitrogens is 1. The summed E-state index contributed by atoms with van der Waals surface area (Å²) in [4.78, 5) is 6.69. The van der Waals surface area contributed by atoms with Crippen LogP contribution in [0, 0.1) is 6.92 Å². The smallest absolute Gasteiger partial charge is 0.128 e. The molecule has 2 atom stereocenters. The molecule has 1 aromatic rings. The largest absolute Gasteiger partial charge is 0.370 e. The van der Waals surface area contributed by atoms with Crippen molar-refractivity contribution < 1.29 is 4.74 Å². The number of hydrogen-bond acceptors (Lipinski definition) is 4. The van der Waals surface area contributed by atoms with Crippen molar-refractivity contribution in [2.24, 2.45) is 5.73 Å². The highest BCUT2D eigenvalue weighted by Crippen LogP contribution is 2.22.